The zero-order valence-electron chi connectivity index (χ0n) is 14.8. The Morgan fingerprint density at radius 2 is 1.89 bits per heavy atom. The number of nitrogens with one attached hydrogen (secondary N) is 1. The van der Waals surface area contributed by atoms with Gasteiger partial charge in [-0.2, -0.15) is 0 Å². The van der Waals surface area contributed by atoms with Crippen LogP contribution in [0.4, 0.5) is 8.78 Å². The molecule has 8 heteroatoms. The lowest BCUT2D eigenvalue weighted by molar-refractivity contribution is -0.147. The van der Waals surface area contributed by atoms with Crippen molar-refractivity contribution in [2.24, 2.45) is 0 Å². The van der Waals surface area contributed by atoms with E-state index in [9.17, 15) is 23.5 Å². The first kappa shape index (κ1) is 19.6. The van der Waals surface area contributed by atoms with Gasteiger partial charge in [-0.3, -0.25) is 4.79 Å². The monoisotopic (exact) mass is 402 g/mol. The Kier molecular flexibility index (Phi) is 5.51. The first-order valence-electron chi connectivity index (χ1n) is 8.29. The van der Waals surface area contributed by atoms with Gasteiger partial charge in [0.1, 0.15) is 16.6 Å². The summed E-state index contributed by atoms with van der Waals surface area (Å²) in [6, 6.07) is 11.9. The van der Waals surface area contributed by atoms with Gasteiger partial charge < -0.3 is 10.4 Å². The second kappa shape index (κ2) is 7.85. The van der Waals surface area contributed by atoms with E-state index in [4.69, 9.17) is 0 Å². The molecule has 3 rings (SSSR count). The molecular weight excluding hydrogens is 386 g/mol. The number of amides is 1. The van der Waals surface area contributed by atoms with Crippen molar-refractivity contribution >= 4 is 23.2 Å². The Morgan fingerprint density at radius 3 is 2.57 bits per heavy atom. The Labute approximate surface area is 163 Å². The Balaban J connectivity index is 1.80. The van der Waals surface area contributed by atoms with Crippen molar-refractivity contribution in [1.29, 1.82) is 0 Å². The number of aromatic nitrogens is 1. The van der Waals surface area contributed by atoms with Crippen molar-refractivity contribution in [1.82, 2.24) is 10.3 Å². The fourth-order valence-corrected chi connectivity index (χ4v) is 3.53. The molecule has 1 aromatic heterocycles. The van der Waals surface area contributed by atoms with Crippen LogP contribution in [0.15, 0.2) is 53.9 Å². The molecule has 0 radical (unpaired) electrons. The highest BCUT2D eigenvalue weighted by atomic mass is 32.1. The van der Waals surface area contributed by atoms with Gasteiger partial charge in [0.2, 0.25) is 5.91 Å². The van der Waals surface area contributed by atoms with Gasteiger partial charge in [0.15, 0.2) is 5.54 Å². The lowest BCUT2D eigenvalue weighted by Gasteiger charge is -2.27. The molecule has 1 atom stereocenters. The quantitative estimate of drug-likeness (QED) is 0.658. The van der Waals surface area contributed by atoms with Crippen LogP contribution in [0.25, 0.3) is 10.6 Å². The average Bonchev–Trinajstić information content (AvgIpc) is 3.12. The lowest BCUT2D eigenvalue weighted by atomic mass is 9.91. The second-order valence-electron chi connectivity index (χ2n) is 6.29. The summed E-state index contributed by atoms with van der Waals surface area (Å²) >= 11 is 1.35. The standard InChI is InChI=1S/C20H16F2N2O3S/c1-20(19(26)27,15-9-13(21)7-8-16(15)22)24-17(25)10-14-11-28-18(23-14)12-5-3-2-4-6-12/h2-9,11H,10H2,1H3,(H,24,25)(H,26,27). The van der Waals surface area contributed by atoms with Crippen molar-refractivity contribution in [2.75, 3.05) is 0 Å². The summed E-state index contributed by atoms with van der Waals surface area (Å²) in [5.74, 6) is -3.90. The minimum atomic E-state index is -2.12. The van der Waals surface area contributed by atoms with E-state index < -0.39 is 34.6 Å². The van der Waals surface area contributed by atoms with E-state index in [0.29, 0.717) is 5.69 Å². The molecular formula is C20H16F2N2O3S. The number of carbonyl (C=O) groups is 2. The molecule has 0 spiro atoms. The topological polar surface area (TPSA) is 79.3 Å². The summed E-state index contributed by atoms with van der Waals surface area (Å²) < 4.78 is 27.6. The van der Waals surface area contributed by atoms with Crippen LogP contribution < -0.4 is 5.32 Å². The molecule has 2 N–H and O–H groups in total. The number of rotatable bonds is 6. The molecule has 28 heavy (non-hydrogen) atoms. The zero-order valence-corrected chi connectivity index (χ0v) is 15.6. The lowest BCUT2D eigenvalue weighted by Crippen LogP contribution is -2.50. The van der Waals surface area contributed by atoms with E-state index in [0.717, 1.165) is 35.7 Å². The number of nitrogens with zero attached hydrogens (tertiary/aromatic N) is 1. The number of thiazole rings is 1. The number of carboxylic acids is 1. The Bertz CT molecular complexity index is 1020. The normalized spacial score (nSPS) is 13.0. The van der Waals surface area contributed by atoms with Gasteiger partial charge in [0.05, 0.1) is 12.1 Å². The van der Waals surface area contributed by atoms with Crippen LogP contribution in [-0.2, 0) is 21.5 Å². The predicted octanol–water partition coefficient (Wildman–Crippen LogP) is 3.75. The number of hydrogen-bond donors (Lipinski definition) is 2. The predicted molar refractivity (Wildman–Crippen MR) is 101 cm³/mol. The molecule has 1 heterocycles. The molecule has 1 amide bonds. The van der Waals surface area contributed by atoms with E-state index in [1.54, 1.807) is 5.38 Å². The maximum atomic E-state index is 14.1. The Morgan fingerprint density at radius 1 is 1.18 bits per heavy atom. The van der Waals surface area contributed by atoms with Gasteiger partial charge >= 0.3 is 5.97 Å². The third kappa shape index (κ3) is 4.07. The summed E-state index contributed by atoms with van der Waals surface area (Å²) in [5, 5.41) is 14.3. The fraction of sp³-hybridized carbons (Fsp3) is 0.150. The van der Waals surface area contributed by atoms with Crippen molar-refractivity contribution in [3.63, 3.8) is 0 Å². The summed E-state index contributed by atoms with van der Waals surface area (Å²) in [6.45, 7) is 1.11. The summed E-state index contributed by atoms with van der Waals surface area (Å²) in [4.78, 5) is 28.5. The summed E-state index contributed by atoms with van der Waals surface area (Å²) in [5.41, 5.74) is -1.23. The maximum absolute atomic E-state index is 14.1. The number of benzene rings is 2. The molecule has 1 unspecified atom stereocenters. The minimum Gasteiger partial charge on any atom is -0.479 e. The minimum absolute atomic E-state index is 0.191. The highest BCUT2D eigenvalue weighted by Crippen LogP contribution is 2.26. The summed E-state index contributed by atoms with van der Waals surface area (Å²) in [6.07, 6.45) is -0.191. The second-order valence-corrected chi connectivity index (χ2v) is 7.15. The molecule has 0 bridgehead atoms. The molecule has 0 saturated carbocycles. The van der Waals surface area contributed by atoms with E-state index in [1.807, 2.05) is 30.3 Å². The van der Waals surface area contributed by atoms with E-state index in [-0.39, 0.29) is 6.42 Å². The van der Waals surface area contributed by atoms with Gasteiger partial charge in [0.25, 0.3) is 0 Å². The van der Waals surface area contributed by atoms with Gasteiger partial charge in [-0.05, 0) is 25.1 Å². The van der Waals surface area contributed by atoms with Gasteiger partial charge in [-0.25, -0.2) is 18.6 Å². The number of hydrogen-bond acceptors (Lipinski definition) is 4. The molecule has 2 aromatic carbocycles. The van der Waals surface area contributed by atoms with Crippen molar-refractivity contribution in [2.45, 2.75) is 18.9 Å². The number of aliphatic carboxylic acids is 1. The van der Waals surface area contributed by atoms with E-state index in [1.165, 1.54) is 11.3 Å². The van der Waals surface area contributed by atoms with E-state index >= 15 is 0 Å². The van der Waals surface area contributed by atoms with Gasteiger partial charge in [0, 0.05) is 16.5 Å². The zero-order chi connectivity index (χ0) is 20.3. The average molecular weight is 402 g/mol. The van der Waals surface area contributed by atoms with Crippen LogP contribution in [0.5, 0.6) is 0 Å². The van der Waals surface area contributed by atoms with Crippen LogP contribution >= 0.6 is 11.3 Å². The van der Waals surface area contributed by atoms with Crippen LogP contribution in [0.2, 0.25) is 0 Å². The van der Waals surface area contributed by atoms with Crippen molar-refractivity contribution in [3.8, 4) is 10.6 Å². The Hall–Kier alpha value is -3.13. The number of halogens is 2. The summed E-state index contributed by atoms with van der Waals surface area (Å²) in [7, 11) is 0. The number of carboxylic acid groups (broad SMARTS) is 1. The van der Waals surface area contributed by atoms with Crippen molar-refractivity contribution < 1.29 is 23.5 Å². The largest absolute Gasteiger partial charge is 0.479 e. The molecule has 0 fully saturated rings. The van der Waals surface area contributed by atoms with Crippen LogP contribution in [0, 0.1) is 11.6 Å². The van der Waals surface area contributed by atoms with E-state index in [2.05, 4.69) is 10.3 Å². The molecule has 0 aliphatic carbocycles. The van der Waals surface area contributed by atoms with Crippen LogP contribution in [0.1, 0.15) is 18.2 Å². The highest BCUT2D eigenvalue weighted by Gasteiger charge is 2.39. The molecule has 0 aliphatic rings. The molecule has 0 saturated heterocycles. The molecule has 144 valence electrons. The van der Waals surface area contributed by atoms with Crippen molar-refractivity contribution in [3.05, 3.63) is 76.8 Å². The maximum Gasteiger partial charge on any atom is 0.333 e. The third-order valence-electron chi connectivity index (χ3n) is 4.20. The first-order valence-corrected chi connectivity index (χ1v) is 9.17. The smallest absolute Gasteiger partial charge is 0.333 e. The van der Waals surface area contributed by atoms with Gasteiger partial charge in [-0.1, -0.05) is 30.3 Å². The molecule has 0 aliphatic heterocycles. The highest BCUT2D eigenvalue weighted by molar-refractivity contribution is 7.13. The fourth-order valence-electron chi connectivity index (χ4n) is 2.71. The first-order chi connectivity index (χ1) is 13.3. The molecule has 5 nitrogen and oxygen atoms in total. The SMILES string of the molecule is CC(NC(=O)Cc1csc(-c2ccccc2)n1)(C(=O)O)c1cc(F)ccc1F. The van der Waals surface area contributed by atoms with Crippen LogP contribution in [0.3, 0.4) is 0 Å². The third-order valence-corrected chi connectivity index (χ3v) is 5.14. The number of carbonyl (C=O) groups excluding carboxylic acids is 1. The molecule has 3 aromatic rings. The van der Waals surface area contributed by atoms with Crippen LogP contribution in [-0.4, -0.2) is 22.0 Å². The van der Waals surface area contributed by atoms with Gasteiger partial charge in [-0.15, -0.1) is 11.3 Å².